The summed E-state index contributed by atoms with van der Waals surface area (Å²) in [5.41, 5.74) is 0.739. The van der Waals surface area contributed by atoms with E-state index >= 15 is 0 Å². The van der Waals surface area contributed by atoms with Crippen LogP contribution in [0.1, 0.15) is 23.2 Å². The van der Waals surface area contributed by atoms with Gasteiger partial charge in [-0.3, -0.25) is 0 Å². The number of thiophene rings is 1. The van der Waals surface area contributed by atoms with E-state index in [-0.39, 0.29) is 23.7 Å². The van der Waals surface area contributed by atoms with Crippen LogP contribution in [-0.2, 0) is 0 Å². The molecule has 1 aliphatic rings. The van der Waals surface area contributed by atoms with Gasteiger partial charge in [0.05, 0.1) is 10.2 Å². The van der Waals surface area contributed by atoms with Crippen molar-refractivity contribution in [3.8, 4) is 11.5 Å². The third-order valence-corrected chi connectivity index (χ3v) is 6.20. The SMILES string of the molecule is O=C(O)c1cc(OCC(O)CNC2CCN(c3ncnc4ccsc34)CC2)ccc1O. The van der Waals surface area contributed by atoms with Gasteiger partial charge in [0.15, 0.2) is 0 Å². The summed E-state index contributed by atoms with van der Waals surface area (Å²) in [7, 11) is 0. The van der Waals surface area contributed by atoms with Crippen LogP contribution < -0.4 is 15.0 Å². The zero-order valence-electron chi connectivity index (χ0n) is 16.8. The first-order valence-corrected chi connectivity index (χ1v) is 10.9. The average molecular weight is 445 g/mol. The van der Waals surface area contributed by atoms with Crippen LogP contribution in [0.4, 0.5) is 5.82 Å². The number of carboxylic acids is 1. The van der Waals surface area contributed by atoms with Gasteiger partial charge >= 0.3 is 5.97 Å². The number of nitrogens with one attached hydrogen (secondary N) is 1. The Labute approximate surface area is 182 Å². The number of aromatic carboxylic acids is 1. The van der Waals surface area contributed by atoms with Crippen LogP contribution in [0, 0.1) is 0 Å². The number of aliphatic hydroxyl groups is 1. The number of piperidine rings is 1. The minimum absolute atomic E-state index is 0.0208. The minimum atomic E-state index is -1.24. The number of benzene rings is 1. The van der Waals surface area contributed by atoms with Gasteiger partial charge in [-0.25, -0.2) is 14.8 Å². The zero-order chi connectivity index (χ0) is 21.8. The fourth-order valence-electron chi connectivity index (χ4n) is 3.63. The van der Waals surface area contributed by atoms with Crippen molar-refractivity contribution < 1.29 is 24.9 Å². The quantitative estimate of drug-likeness (QED) is 0.413. The molecule has 0 spiro atoms. The molecule has 4 rings (SSSR count). The Kier molecular flexibility index (Phi) is 6.50. The minimum Gasteiger partial charge on any atom is -0.507 e. The van der Waals surface area contributed by atoms with E-state index in [2.05, 4.69) is 20.2 Å². The number of aromatic nitrogens is 2. The molecule has 0 radical (unpaired) electrons. The Hall–Kier alpha value is -2.95. The van der Waals surface area contributed by atoms with Crippen molar-refractivity contribution in [2.24, 2.45) is 0 Å². The highest BCUT2D eigenvalue weighted by atomic mass is 32.1. The van der Waals surface area contributed by atoms with E-state index in [1.165, 1.54) is 18.2 Å². The number of aliphatic hydroxyl groups excluding tert-OH is 1. The normalized spacial score (nSPS) is 15.8. The first-order valence-electron chi connectivity index (χ1n) is 10.0. The number of ether oxygens (including phenoxy) is 1. The molecule has 31 heavy (non-hydrogen) atoms. The van der Waals surface area contributed by atoms with Gasteiger partial charge in [0.2, 0.25) is 0 Å². The van der Waals surface area contributed by atoms with Crippen molar-refractivity contribution in [1.29, 1.82) is 0 Å². The van der Waals surface area contributed by atoms with E-state index in [4.69, 9.17) is 9.84 Å². The van der Waals surface area contributed by atoms with Crippen LogP contribution in [0.3, 0.4) is 0 Å². The van der Waals surface area contributed by atoms with E-state index < -0.39 is 12.1 Å². The number of carbonyl (C=O) groups is 1. The number of anilines is 1. The van der Waals surface area contributed by atoms with Gasteiger partial charge in [-0.05, 0) is 42.5 Å². The van der Waals surface area contributed by atoms with Gasteiger partial charge in [-0.15, -0.1) is 11.3 Å². The predicted octanol–water partition coefficient (Wildman–Crippen LogP) is 2.09. The van der Waals surface area contributed by atoms with Crippen molar-refractivity contribution in [3.63, 3.8) is 0 Å². The highest BCUT2D eigenvalue weighted by Crippen LogP contribution is 2.29. The first kappa shape index (κ1) is 21.3. The Morgan fingerprint density at radius 3 is 2.87 bits per heavy atom. The molecule has 3 heterocycles. The lowest BCUT2D eigenvalue weighted by atomic mass is 10.0. The Morgan fingerprint density at radius 1 is 1.29 bits per heavy atom. The molecule has 1 fully saturated rings. The van der Waals surface area contributed by atoms with Crippen molar-refractivity contribution in [3.05, 3.63) is 41.5 Å². The molecule has 2 aromatic heterocycles. The Bertz CT molecular complexity index is 1050. The topological polar surface area (TPSA) is 128 Å². The number of fused-ring (bicyclic) bond motifs is 1. The third kappa shape index (κ3) is 5.04. The smallest absolute Gasteiger partial charge is 0.339 e. The number of rotatable bonds is 8. The fourth-order valence-corrected chi connectivity index (χ4v) is 4.49. The lowest BCUT2D eigenvalue weighted by Gasteiger charge is -2.33. The molecule has 10 heteroatoms. The van der Waals surface area contributed by atoms with Gasteiger partial charge in [0.25, 0.3) is 0 Å². The summed E-state index contributed by atoms with van der Waals surface area (Å²) in [6.07, 6.45) is 2.74. The molecule has 164 valence electrons. The fraction of sp³-hybridized carbons (Fsp3) is 0.381. The van der Waals surface area contributed by atoms with Gasteiger partial charge in [-0.2, -0.15) is 0 Å². The number of phenols is 1. The van der Waals surface area contributed by atoms with Gasteiger partial charge in [0.1, 0.15) is 41.9 Å². The second kappa shape index (κ2) is 9.46. The molecule has 1 saturated heterocycles. The molecule has 1 aromatic carbocycles. The molecule has 0 amide bonds. The molecular weight excluding hydrogens is 420 g/mol. The molecule has 9 nitrogen and oxygen atoms in total. The first-order chi connectivity index (χ1) is 15.0. The highest BCUT2D eigenvalue weighted by Gasteiger charge is 2.22. The number of hydrogen-bond acceptors (Lipinski definition) is 9. The monoisotopic (exact) mass is 444 g/mol. The summed E-state index contributed by atoms with van der Waals surface area (Å²) in [4.78, 5) is 22.1. The van der Waals surface area contributed by atoms with Crippen LogP contribution in [0.2, 0.25) is 0 Å². The summed E-state index contributed by atoms with van der Waals surface area (Å²) in [5.74, 6) is -0.290. The van der Waals surface area contributed by atoms with E-state index in [1.807, 2.05) is 11.4 Å². The summed E-state index contributed by atoms with van der Waals surface area (Å²) in [5, 5.41) is 34.2. The van der Waals surface area contributed by atoms with Crippen LogP contribution in [-0.4, -0.2) is 69.6 Å². The second-order valence-corrected chi connectivity index (χ2v) is 8.37. The van der Waals surface area contributed by atoms with Crippen molar-refractivity contribution >= 4 is 33.3 Å². The maximum Gasteiger partial charge on any atom is 0.339 e. The zero-order valence-corrected chi connectivity index (χ0v) is 17.6. The molecule has 1 unspecified atom stereocenters. The number of nitrogens with zero attached hydrogens (tertiary/aromatic N) is 3. The van der Waals surface area contributed by atoms with Crippen LogP contribution in [0.15, 0.2) is 36.0 Å². The van der Waals surface area contributed by atoms with Crippen LogP contribution in [0.5, 0.6) is 11.5 Å². The van der Waals surface area contributed by atoms with Crippen molar-refractivity contribution in [2.45, 2.75) is 25.0 Å². The van der Waals surface area contributed by atoms with Crippen LogP contribution >= 0.6 is 11.3 Å². The molecule has 4 N–H and O–H groups in total. The Morgan fingerprint density at radius 2 is 2.10 bits per heavy atom. The summed E-state index contributed by atoms with van der Waals surface area (Å²) in [6.45, 7) is 2.14. The second-order valence-electron chi connectivity index (χ2n) is 7.45. The molecule has 0 aliphatic carbocycles. The lowest BCUT2D eigenvalue weighted by molar-refractivity contribution is 0.0692. The molecule has 0 saturated carbocycles. The maximum absolute atomic E-state index is 11.1. The molecular formula is C21H24N4O5S. The van der Waals surface area contributed by atoms with Crippen molar-refractivity contribution in [1.82, 2.24) is 15.3 Å². The van der Waals surface area contributed by atoms with Crippen LogP contribution in [0.25, 0.3) is 10.2 Å². The predicted molar refractivity (Wildman–Crippen MR) is 117 cm³/mol. The lowest BCUT2D eigenvalue weighted by Crippen LogP contribution is -2.45. The third-order valence-electron chi connectivity index (χ3n) is 5.30. The van der Waals surface area contributed by atoms with E-state index in [9.17, 15) is 15.0 Å². The number of carboxylic acid groups (broad SMARTS) is 1. The average Bonchev–Trinajstić information content (AvgIpc) is 3.26. The molecule has 1 aliphatic heterocycles. The van der Waals surface area contributed by atoms with Gasteiger partial charge in [0, 0.05) is 25.7 Å². The number of aromatic hydroxyl groups is 1. The summed E-state index contributed by atoms with van der Waals surface area (Å²) in [6, 6.07) is 6.27. The molecule has 1 atom stereocenters. The largest absolute Gasteiger partial charge is 0.507 e. The maximum atomic E-state index is 11.1. The van der Waals surface area contributed by atoms with E-state index in [0.717, 1.165) is 42.0 Å². The number of hydrogen-bond donors (Lipinski definition) is 4. The summed E-state index contributed by atoms with van der Waals surface area (Å²) < 4.78 is 6.59. The Balaban J connectivity index is 1.22. The molecule has 3 aromatic rings. The summed E-state index contributed by atoms with van der Waals surface area (Å²) >= 11 is 1.65. The van der Waals surface area contributed by atoms with E-state index in [1.54, 1.807) is 17.7 Å². The van der Waals surface area contributed by atoms with Gasteiger partial charge in [-0.1, -0.05) is 0 Å². The van der Waals surface area contributed by atoms with Crippen molar-refractivity contribution in [2.75, 3.05) is 31.1 Å². The highest BCUT2D eigenvalue weighted by molar-refractivity contribution is 7.17. The molecule has 0 bridgehead atoms. The van der Waals surface area contributed by atoms with E-state index in [0.29, 0.717) is 12.6 Å². The van der Waals surface area contributed by atoms with Gasteiger partial charge < -0.3 is 30.3 Å². The standard InChI is InChI=1S/C21H24N4O5S/c26-14(11-30-15-1-2-18(27)16(9-15)21(28)29)10-22-13-3-6-25(7-4-13)20-19-17(5-8-31-19)23-12-24-20/h1-2,5,8-9,12-14,22,26-27H,3-4,6-7,10-11H2,(H,28,29).